The fourth-order valence-corrected chi connectivity index (χ4v) is 2.35. The molecule has 1 aliphatic rings. The number of pyridine rings is 1. The SMILES string of the molecule is CCNC(=NCc1ccccn1)NCCN(CC)C1CC1.I. The second-order valence-corrected chi connectivity index (χ2v) is 5.30. The van der Waals surface area contributed by atoms with Crippen molar-refractivity contribution in [1.82, 2.24) is 20.5 Å². The highest BCUT2D eigenvalue weighted by Crippen LogP contribution is 2.25. The molecule has 0 atom stereocenters. The first-order valence-corrected chi connectivity index (χ1v) is 7.99. The Balaban J connectivity index is 0.00000242. The largest absolute Gasteiger partial charge is 0.357 e. The summed E-state index contributed by atoms with van der Waals surface area (Å²) in [5.74, 6) is 0.870. The maximum Gasteiger partial charge on any atom is 0.191 e. The third kappa shape index (κ3) is 6.91. The molecule has 0 spiro atoms. The van der Waals surface area contributed by atoms with Crippen LogP contribution in [-0.4, -0.2) is 48.1 Å². The Kier molecular flexibility index (Phi) is 9.38. The zero-order valence-corrected chi connectivity index (χ0v) is 15.9. The Morgan fingerprint density at radius 3 is 2.73 bits per heavy atom. The summed E-state index contributed by atoms with van der Waals surface area (Å²) < 4.78 is 0. The standard InChI is InChI=1S/C16H27N5.HI/c1-3-17-16(20-13-14-7-5-6-10-18-14)19-11-12-21(4-2)15-8-9-15;/h5-7,10,15H,3-4,8-9,11-13H2,1-2H3,(H2,17,19,20);1H. The van der Waals surface area contributed by atoms with Crippen LogP contribution in [0.3, 0.4) is 0 Å². The number of nitrogens with one attached hydrogen (secondary N) is 2. The minimum Gasteiger partial charge on any atom is -0.357 e. The van der Waals surface area contributed by atoms with E-state index in [0.29, 0.717) is 6.54 Å². The molecule has 0 aromatic carbocycles. The van der Waals surface area contributed by atoms with Crippen molar-refractivity contribution in [2.45, 2.75) is 39.3 Å². The molecular formula is C16H28IN5. The molecule has 0 aliphatic heterocycles. The minimum atomic E-state index is 0. The van der Waals surface area contributed by atoms with Crippen molar-refractivity contribution in [3.63, 3.8) is 0 Å². The average molecular weight is 417 g/mol. The molecule has 1 fully saturated rings. The Hall–Kier alpha value is -0.890. The molecule has 1 aromatic rings. The molecule has 0 saturated heterocycles. The van der Waals surface area contributed by atoms with Crippen molar-refractivity contribution >= 4 is 29.9 Å². The van der Waals surface area contributed by atoms with Crippen molar-refractivity contribution in [3.8, 4) is 0 Å². The molecule has 2 rings (SSSR count). The third-order valence-corrected chi connectivity index (χ3v) is 3.63. The van der Waals surface area contributed by atoms with Crippen LogP contribution in [0, 0.1) is 0 Å². The highest BCUT2D eigenvalue weighted by atomic mass is 127. The normalized spacial score (nSPS) is 14.6. The molecule has 1 aromatic heterocycles. The lowest BCUT2D eigenvalue weighted by Crippen LogP contribution is -2.42. The van der Waals surface area contributed by atoms with E-state index in [1.165, 1.54) is 12.8 Å². The molecule has 0 radical (unpaired) electrons. The molecule has 1 heterocycles. The van der Waals surface area contributed by atoms with Gasteiger partial charge in [0.1, 0.15) is 0 Å². The quantitative estimate of drug-likeness (QED) is 0.387. The van der Waals surface area contributed by atoms with Crippen LogP contribution in [0.15, 0.2) is 29.4 Å². The smallest absolute Gasteiger partial charge is 0.191 e. The first-order chi connectivity index (χ1) is 10.3. The lowest BCUT2D eigenvalue weighted by atomic mass is 10.3. The summed E-state index contributed by atoms with van der Waals surface area (Å²) in [6.45, 7) is 8.94. The lowest BCUT2D eigenvalue weighted by molar-refractivity contribution is 0.282. The zero-order chi connectivity index (χ0) is 14.9. The van der Waals surface area contributed by atoms with Gasteiger partial charge in [-0.3, -0.25) is 9.88 Å². The topological polar surface area (TPSA) is 52.6 Å². The van der Waals surface area contributed by atoms with Gasteiger partial charge in [-0.2, -0.15) is 0 Å². The summed E-state index contributed by atoms with van der Waals surface area (Å²) in [6, 6.07) is 6.74. The second kappa shape index (κ2) is 10.8. The van der Waals surface area contributed by atoms with Crippen LogP contribution in [0.4, 0.5) is 0 Å². The molecule has 0 amide bonds. The molecule has 5 nitrogen and oxygen atoms in total. The van der Waals surface area contributed by atoms with Crippen molar-refractivity contribution in [3.05, 3.63) is 30.1 Å². The highest BCUT2D eigenvalue weighted by Gasteiger charge is 2.27. The van der Waals surface area contributed by atoms with Gasteiger partial charge in [0.25, 0.3) is 0 Å². The third-order valence-electron chi connectivity index (χ3n) is 3.63. The number of guanidine groups is 1. The fraction of sp³-hybridized carbons (Fsp3) is 0.625. The van der Waals surface area contributed by atoms with Crippen LogP contribution in [-0.2, 0) is 6.54 Å². The van der Waals surface area contributed by atoms with E-state index in [-0.39, 0.29) is 24.0 Å². The average Bonchev–Trinajstić information content (AvgIpc) is 3.35. The molecule has 1 aliphatic carbocycles. The van der Waals surface area contributed by atoms with Crippen LogP contribution < -0.4 is 10.6 Å². The number of hydrogen-bond donors (Lipinski definition) is 2. The van der Waals surface area contributed by atoms with Crippen LogP contribution in [0.5, 0.6) is 0 Å². The van der Waals surface area contributed by atoms with Crippen LogP contribution in [0.2, 0.25) is 0 Å². The van der Waals surface area contributed by atoms with Crippen molar-refractivity contribution < 1.29 is 0 Å². The van der Waals surface area contributed by atoms with E-state index in [9.17, 15) is 0 Å². The van der Waals surface area contributed by atoms with Gasteiger partial charge in [-0.05, 0) is 38.4 Å². The van der Waals surface area contributed by atoms with Gasteiger partial charge in [0.05, 0.1) is 12.2 Å². The van der Waals surface area contributed by atoms with Gasteiger partial charge in [0, 0.05) is 31.9 Å². The van der Waals surface area contributed by atoms with E-state index < -0.39 is 0 Å². The van der Waals surface area contributed by atoms with Gasteiger partial charge in [0.15, 0.2) is 5.96 Å². The van der Waals surface area contributed by atoms with Crippen molar-refractivity contribution in [1.29, 1.82) is 0 Å². The molecular weight excluding hydrogens is 389 g/mol. The summed E-state index contributed by atoms with van der Waals surface area (Å²) >= 11 is 0. The van der Waals surface area contributed by atoms with Gasteiger partial charge in [-0.25, -0.2) is 4.99 Å². The Labute approximate surface area is 151 Å². The Bertz CT molecular complexity index is 433. The summed E-state index contributed by atoms with van der Waals surface area (Å²) in [6.07, 6.45) is 4.53. The highest BCUT2D eigenvalue weighted by molar-refractivity contribution is 14.0. The minimum absolute atomic E-state index is 0. The number of nitrogens with zero attached hydrogens (tertiary/aromatic N) is 3. The van der Waals surface area contributed by atoms with E-state index in [1.54, 1.807) is 6.20 Å². The van der Waals surface area contributed by atoms with Crippen molar-refractivity contribution in [2.24, 2.45) is 4.99 Å². The maximum absolute atomic E-state index is 4.58. The number of likely N-dealkylation sites (N-methyl/N-ethyl adjacent to an activating group) is 1. The number of halogens is 1. The van der Waals surface area contributed by atoms with E-state index in [4.69, 9.17) is 0 Å². The fourth-order valence-electron chi connectivity index (χ4n) is 2.35. The van der Waals surface area contributed by atoms with E-state index in [0.717, 1.165) is 43.9 Å². The van der Waals surface area contributed by atoms with Gasteiger partial charge < -0.3 is 10.6 Å². The summed E-state index contributed by atoms with van der Waals surface area (Å²) in [5.41, 5.74) is 0.989. The Morgan fingerprint density at radius 1 is 1.32 bits per heavy atom. The van der Waals surface area contributed by atoms with Gasteiger partial charge in [-0.15, -0.1) is 24.0 Å². The summed E-state index contributed by atoms with van der Waals surface area (Å²) in [4.78, 5) is 11.4. The summed E-state index contributed by atoms with van der Waals surface area (Å²) in [7, 11) is 0. The maximum atomic E-state index is 4.58. The molecule has 6 heteroatoms. The molecule has 2 N–H and O–H groups in total. The lowest BCUT2D eigenvalue weighted by Gasteiger charge is -2.20. The molecule has 1 saturated carbocycles. The summed E-state index contributed by atoms with van der Waals surface area (Å²) in [5, 5.41) is 6.69. The Morgan fingerprint density at radius 2 is 2.14 bits per heavy atom. The van der Waals surface area contributed by atoms with Gasteiger partial charge >= 0.3 is 0 Å². The van der Waals surface area contributed by atoms with E-state index in [1.807, 2.05) is 18.2 Å². The van der Waals surface area contributed by atoms with Crippen LogP contribution in [0.1, 0.15) is 32.4 Å². The number of aromatic nitrogens is 1. The first kappa shape index (κ1) is 19.2. The molecule has 22 heavy (non-hydrogen) atoms. The molecule has 0 unspecified atom stereocenters. The second-order valence-electron chi connectivity index (χ2n) is 5.30. The van der Waals surface area contributed by atoms with Gasteiger partial charge in [0.2, 0.25) is 0 Å². The first-order valence-electron chi connectivity index (χ1n) is 7.99. The van der Waals surface area contributed by atoms with Gasteiger partial charge in [-0.1, -0.05) is 13.0 Å². The zero-order valence-electron chi connectivity index (χ0n) is 13.6. The van der Waals surface area contributed by atoms with Crippen LogP contribution in [0.25, 0.3) is 0 Å². The monoisotopic (exact) mass is 417 g/mol. The predicted octanol–water partition coefficient (Wildman–Crippen LogP) is 2.24. The molecule has 0 bridgehead atoms. The van der Waals surface area contributed by atoms with Crippen molar-refractivity contribution in [2.75, 3.05) is 26.2 Å². The van der Waals surface area contributed by atoms with E-state index in [2.05, 4.69) is 39.4 Å². The van der Waals surface area contributed by atoms with E-state index >= 15 is 0 Å². The number of aliphatic imine (C=N–C) groups is 1. The number of rotatable bonds is 8. The van der Waals surface area contributed by atoms with Crippen LogP contribution >= 0.6 is 24.0 Å². The number of hydrogen-bond acceptors (Lipinski definition) is 3. The molecule has 124 valence electrons. The predicted molar refractivity (Wildman–Crippen MR) is 103 cm³/mol.